The number of nitrogens with zero attached hydrogens (tertiary/aromatic N) is 1. The van der Waals surface area contributed by atoms with E-state index >= 15 is 0 Å². The zero-order valence-corrected chi connectivity index (χ0v) is 11.9. The first-order valence-electron chi connectivity index (χ1n) is 5.81. The smallest absolute Gasteiger partial charge is 0.151 e. The first-order chi connectivity index (χ1) is 8.21. The van der Waals surface area contributed by atoms with Crippen LogP contribution >= 0.6 is 15.9 Å². The van der Waals surface area contributed by atoms with Crippen LogP contribution in [0.1, 0.15) is 24.2 Å². The fourth-order valence-electron chi connectivity index (χ4n) is 1.53. The van der Waals surface area contributed by atoms with Crippen molar-refractivity contribution in [1.29, 1.82) is 0 Å². The van der Waals surface area contributed by atoms with Crippen LogP contribution in [-0.2, 0) is 0 Å². The molecule has 0 unspecified atom stereocenters. The summed E-state index contributed by atoms with van der Waals surface area (Å²) in [5.41, 5.74) is 0.616. The molecule has 0 aromatic heterocycles. The lowest BCUT2D eigenvalue weighted by Gasteiger charge is -2.18. The number of likely N-dealkylation sites (N-methyl/N-ethyl adjacent to an activating group) is 1. The summed E-state index contributed by atoms with van der Waals surface area (Å²) in [5, 5.41) is 0. The maximum Gasteiger partial charge on any atom is 0.151 e. The lowest BCUT2D eigenvalue weighted by molar-refractivity contribution is 0.112. The number of halogens is 1. The van der Waals surface area contributed by atoms with Gasteiger partial charge in [-0.25, -0.2) is 0 Å². The van der Waals surface area contributed by atoms with Gasteiger partial charge in [0.1, 0.15) is 12.4 Å². The number of aldehydes is 1. The second kappa shape index (κ2) is 7.45. The Morgan fingerprint density at radius 2 is 2.06 bits per heavy atom. The second-order valence-corrected chi connectivity index (χ2v) is 4.53. The predicted molar refractivity (Wildman–Crippen MR) is 72.8 cm³/mol. The largest absolute Gasteiger partial charge is 0.492 e. The van der Waals surface area contributed by atoms with Gasteiger partial charge in [0.05, 0.1) is 0 Å². The van der Waals surface area contributed by atoms with Crippen LogP contribution in [0.5, 0.6) is 5.75 Å². The Bertz CT molecular complexity index is 364. The molecule has 0 fully saturated rings. The van der Waals surface area contributed by atoms with Gasteiger partial charge < -0.3 is 9.64 Å². The van der Waals surface area contributed by atoms with Crippen molar-refractivity contribution in [2.75, 3.05) is 26.2 Å². The zero-order valence-electron chi connectivity index (χ0n) is 10.3. The molecule has 0 atom stereocenters. The monoisotopic (exact) mass is 299 g/mol. The van der Waals surface area contributed by atoms with Gasteiger partial charge in [0.2, 0.25) is 0 Å². The molecule has 94 valence electrons. The summed E-state index contributed by atoms with van der Waals surface area (Å²) in [7, 11) is 0. The minimum absolute atomic E-state index is 0.616. The molecule has 0 bridgehead atoms. The molecule has 4 heteroatoms. The van der Waals surface area contributed by atoms with Crippen molar-refractivity contribution in [3.63, 3.8) is 0 Å². The van der Waals surface area contributed by atoms with Crippen LogP contribution in [0.25, 0.3) is 0 Å². The van der Waals surface area contributed by atoms with Crippen LogP contribution in [0, 0.1) is 0 Å². The minimum Gasteiger partial charge on any atom is -0.492 e. The van der Waals surface area contributed by atoms with Gasteiger partial charge in [-0.2, -0.15) is 0 Å². The third kappa shape index (κ3) is 4.48. The molecule has 1 aromatic rings. The normalized spacial score (nSPS) is 10.6. The van der Waals surface area contributed by atoms with E-state index in [4.69, 9.17) is 4.74 Å². The topological polar surface area (TPSA) is 29.5 Å². The molecule has 0 aliphatic carbocycles. The van der Waals surface area contributed by atoms with E-state index in [1.807, 2.05) is 12.1 Å². The Morgan fingerprint density at radius 1 is 1.35 bits per heavy atom. The van der Waals surface area contributed by atoms with Gasteiger partial charge in [0.15, 0.2) is 6.29 Å². The quantitative estimate of drug-likeness (QED) is 0.725. The summed E-state index contributed by atoms with van der Waals surface area (Å²) in [5.74, 6) is 0.738. The lowest BCUT2D eigenvalue weighted by Crippen LogP contribution is -2.27. The van der Waals surface area contributed by atoms with E-state index in [2.05, 4.69) is 34.7 Å². The number of carbonyl (C=O) groups is 1. The maximum absolute atomic E-state index is 10.8. The lowest BCUT2D eigenvalue weighted by atomic mass is 10.2. The van der Waals surface area contributed by atoms with Gasteiger partial charge in [0.25, 0.3) is 0 Å². The highest BCUT2D eigenvalue weighted by atomic mass is 79.9. The SMILES string of the molecule is CCN(CC)CCOc1ccc(Br)c(C=O)c1. The molecule has 0 aliphatic heterocycles. The van der Waals surface area contributed by atoms with E-state index in [9.17, 15) is 4.79 Å². The van der Waals surface area contributed by atoms with Gasteiger partial charge in [-0.15, -0.1) is 0 Å². The van der Waals surface area contributed by atoms with Crippen molar-refractivity contribution in [2.45, 2.75) is 13.8 Å². The Balaban J connectivity index is 2.49. The van der Waals surface area contributed by atoms with E-state index in [0.29, 0.717) is 12.2 Å². The van der Waals surface area contributed by atoms with Crippen molar-refractivity contribution in [2.24, 2.45) is 0 Å². The number of carbonyl (C=O) groups excluding carboxylic acids is 1. The van der Waals surface area contributed by atoms with E-state index < -0.39 is 0 Å². The van der Waals surface area contributed by atoms with Crippen molar-refractivity contribution < 1.29 is 9.53 Å². The number of benzene rings is 1. The van der Waals surface area contributed by atoms with Crippen LogP contribution in [-0.4, -0.2) is 37.4 Å². The maximum atomic E-state index is 10.8. The highest BCUT2D eigenvalue weighted by molar-refractivity contribution is 9.10. The molecule has 1 rings (SSSR count). The molecule has 0 saturated heterocycles. The summed E-state index contributed by atoms with van der Waals surface area (Å²) in [6.07, 6.45) is 0.821. The van der Waals surface area contributed by atoms with Gasteiger partial charge in [-0.3, -0.25) is 4.79 Å². The molecule has 3 nitrogen and oxygen atoms in total. The molecule has 0 heterocycles. The Labute approximate surface area is 111 Å². The van der Waals surface area contributed by atoms with Crippen LogP contribution in [0.15, 0.2) is 22.7 Å². The highest BCUT2D eigenvalue weighted by Gasteiger charge is 2.03. The summed E-state index contributed by atoms with van der Waals surface area (Å²) in [6, 6.07) is 5.44. The fraction of sp³-hybridized carbons (Fsp3) is 0.462. The molecule has 17 heavy (non-hydrogen) atoms. The molecule has 0 aliphatic rings. The van der Waals surface area contributed by atoms with Crippen LogP contribution < -0.4 is 4.74 Å². The average molecular weight is 300 g/mol. The summed E-state index contributed by atoms with van der Waals surface area (Å²) >= 11 is 3.31. The Morgan fingerprint density at radius 3 is 2.65 bits per heavy atom. The number of hydrogen-bond donors (Lipinski definition) is 0. The second-order valence-electron chi connectivity index (χ2n) is 3.68. The highest BCUT2D eigenvalue weighted by Crippen LogP contribution is 2.21. The number of ether oxygens (including phenoxy) is 1. The van der Waals surface area contributed by atoms with E-state index in [0.717, 1.165) is 36.1 Å². The standard InChI is InChI=1S/C13H18BrNO2/c1-3-15(4-2)7-8-17-12-5-6-13(14)11(9-12)10-16/h5-6,9-10H,3-4,7-8H2,1-2H3. The molecular weight excluding hydrogens is 282 g/mol. The van der Waals surface area contributed by atoms with Crippen molar-refractivity contribution in [3.8, 4) is 5.75 Å². The van der Waals surface area contributed by atoms with E-state index in [1.165, 1.54) is 0 Å². The summed E-state index contributed by atoms with van der Waals surface area (Å²) in [6.45, 7) is 7.86. The molecule has 0 N–H and O–H groups in total. The number of rotatable bonds is 7. The van der Waals surface area contributed by atoms with Gasteiger partial charge in [-0.05, 0) is 31.3 Å². The molecule has 0 amide bonds. The molecule has 0 saturated carbocycles. The van der Waals surface area contributed by atoms with Gasteiger partial charge in [0, 0.05) is 16.6 Å². The molecular formula is C13H18BrNO2. The zero-order chi connectivity index (χ0) is 12.7. The Hall–Kier alpha value is -0.870. The van der Waals surface area contributed by atoms with Crippen LogP contribution in [0.3, 0.4) is 0 Å². The Kier molecular flexibility index (Phi) is 6.22. The fourth-order valence-corrected chi connectivity index (χ4v) is 1.87. The van der Waals surface area contributed by atoms with Crippen molar-refractivity contribution >= 4 is 22.2 Å². The average Bonchev–Trinajstić information content (AvgIpc) is 2.36. The minimum atomic E-state index is 0.616. The van der Waals surface area contributed by atoms with Crippen molar-refractivity contribution in [1.82, 2.24) is 4.90 Å². The molecule has 0 radical (unpaired) electrons. The predicted octanol–water partition coefficient (Wildman–Crippen LogP) is 2.98. The molecule has 0 spiro atoms. The third-order valence-corrected chi connectivity index (χ3v) is 3.39. The van der Waals surface area contributed by atoms with E-state index in [-0.39, 0.29) is 0 Å². The van der Waals surface area contributed by atoms with Crippen LogP contribution in [0.2, 0.25) is 0 Å². The number of hydrogen-bond acceptors (Lipinski definition) is 3. The molecule has 1 aromatic carbocycles. The van der Waals surface area contributed by atoms with Crippen molar-refractivity contribution in [3.05, 3.63) is 28.2 Å². The summed E-state index contributed by atoms with van der Waals surface area (Å²) in [4.78, 5) is 13.1. The first kappa shape index (κ1) is 14.2. The van der Waals surface area contributed by atoms with Gasteiger partial charge in [-0.1, -0.05) is 29.8 Å². The first-order valence-corrected chi connectivity index (χ1v) is 6.60. The summed E-state index contributed by atoms with van der Waals surface area (Å²) < 4.78 is 6.41. The van der Waals surface area contributed by atoms with E-state index in [1.54, 1.807) is 6.07 Å². The van der Waals surface area contributed by atoms with Crippen LogP contribution in [0.4, 0.5) is 0 Å². The van der Waals surface area contributed by atoms with Gasteiger partial charge >= 0.3 is 0 Å². The third-order valence-electron chi connectivity index (χ3n) is 2.67.